The lowest BCUT2D eigenvalue weighted by Crippen LogP contribution is -2.35. The van der Waals surface area contributed by atoms with Crippen molar-refractivity contribution >= 4 is 22.8 Å². The predicted octanol–water partition coefficient (Wildman–Crippen LogP) is 2.84. The number of benzene rings is 1. The van der Waals surface area contributed by atoms with Crippen LogP contribution < -0.4 is 5.69 Å². The van der Waals surface area contributed by atoms with Crippen molar-refractivity contribution in [3.8, 4) is 11.1 Å². The molecule has 4 rings (SSSR count). The number of halogens is 1. The van der Waals surface area contributed by atoms with Crippen LogP contribution in [0.2, 0.25) is 5.02 Å². The Morgan fingerprint density at radius 1 is 1.35 bits per heavy atom. The standard InChI is InChI=1S/C17H16ClN3O2/c1-20-16-15(21(17(20)22)10-14-5-6-23-14)8-12(9-19-16)11-3-2-4-13(18)7-11/h2-4,7-9,14H,5-6,10H2,1H3/t14-/m1/s1. The molecule has 2 aromatic heterocycles. The molecule has 1 saturated heterocycles. The maximum atomic E-state index is 12.5. The molecule has 23 heavy (non-hydrogen) atoms. The van der Waals surface area contributed by atoms with Gasteiger partial charge in [-0.3, -0.25) is 9.13 Å². The Morgan fingerprint density at radius 3 is 2.87 bits per heavy atom. The van der Waals surface area contributed by atoms with E-state index in [2.05, 4.69) is 4.98 Å². The normalized spacial score (nSPS) is 17.4. The van der Waals surface area contributed by atoms with E-state index >= 15 is 0 Å². The Kier molecular flexibility index (Phi) is 3.47. The number of imidazole rings is 1. The van der Waals surface area contributed by atoms with Gasteiger partial charge >= 0.3 is 5.69 Å². The number of fused-ring (bicyclic) bond motifs is 1. The zero-order chi connectivity index (χ0) is 16.0. The smallest absolute Gasteiger partial charge is 0.330 e. The van der Waals surface area contributed by atoms with Crippen molar-refractivity contribution in [2.75, 3.05) is 6.61 Å². The van der Waals surface area contributed by atoms with Gasteiger partial charge in [0.2, 0.25) is 0 Å². The largest absolute Gasteiger partial charge is 0.376 e. The van der Waals surface area contributed by atoms with Gasteiger partial charge in [0.05, 0.1) is 18.2 Å². The van der Waals surface area contributed by atoms with E-state index in [4.69, 9.17) is 16.3 Å². The first-order valence-electron chi connectivity index (χ1n) is 7.56. The first-order valence-corrected chi connectivity index (χ1v) is 7.94. The molecule has 0 bridgehead atoms. The number of aromatic nitrogens is 3. The monoisotopic (exact) mass is 329 g/mol. The molecule has 0 spiro atoms. The third kappa shape index (κ3) is 2.46. The molecule has 0 unspecified atom stereocenters. The summed E-state index contributed by atoms with van der Waals surface area (Å²) < 4.78 is 8.80. The number of nitrogens with zero attached hydrogens (tertiary/aromatic N) is 3. The van der Waals surface area contributed by atoms with Gasteiger partial charge in [0, 0.05) is 30.4 Å². The summed E-state index contributed by atoms with van der Waals surface area (Å²) in [4.78, 5) is 17.0. The molecule has 6 heteroatoms. The van der Waals surface area contributed by atoms with Crippen LogP contribution in [0.15, 0.2) is 41.3 Å². The van der Waals surface area contributed by atoms with Crippen LogP contribution in [-0.4, -0.2) is 26.8 Å². The van der Waals surface area contributed by atoms with Gasteiger partial charge < -0.3 is 4.74 Å². The molecule has 1 aliphatic heterocycles. The third-order valence-electron chi connectivity index (χ3n) is 4.31. The number of hydrogen-bond acceptors (Lipinski definition) is 3. The van der Waals surface area contributed by atoms with E-state index in [9.17, 15) is 4.79 Å². The maximum Gasteiger partial charge on any atom is 0.330 e. The summed E-state index contributed by atoms with van der Waals surface area (Å²) >= 11 is 6.07. The molecule has 1 atom stereocenters. The van der Waals surface area contributed by atoms with Crippen LogP contribution in [-0.2, 0) is 18.3 Å². The van der Waals surface area contributed by atoms with Crippen molar-refractivity contribution in [3.05, 3.63) is 52.0 Å². The molecular formula is C17H16ClN3O2. The zero-order valence-corrected chi connectivity index (χ0v) is 13.5. The van der Waals surface area contributed by atoms with Crippen molar-refractivity contribution in [2.24, 2.45) is 7.05 Å². The summed E-state index contributed by atoms with van der Waals surface area (Å²) in [5, 5.41) is 0.677. The highest BCUT2D eigenvalue weighted by atomic mass is 35.5. The molecule has 0 radical (unpaired) electrons. The summed E-state index contributed by atoms with van der Waals surface area (Å²) in [5.41, 5.74) is 3.36. The minimum absolute atomic E-state index is 0.0637. The molecule has 5 nitrogen and oxygen atoms in total. The molecule has 0 N–H and O–H groups in total. The van der Waals surface area contributed by atoms with Crippen LogP contribution in [0, 0.1) is 0 Å². The second kappa shape index (κ2) is 5.51. The Balaban J connectivity index is 1.86. The Bertz CT molecular complexity index is 941. The van der Waals surface area contributed by atoms with E-state index in [0.717, 1.165) is 29.7 Å². The number of hydrogen-bond donors (Lipinski definition) is 0. The van der Waals surface area contributed by atoms with Crippen molar-refractivity contribution in [3.63, 3.8) is 0 Å². The van der Waals surface area contributed by atoms with Crippen LogP contribution in [0.3, 0.4) is 0 Å². The van der Waals surface area contributed by atoms with Crippen molar-refractivity contribution in [1.29, 1.82) is 0 Å². The Morgan fingerprint density at radius 2 is 2.17 bits per heavy atom. The molecule has 1 fully saturated rings. The summed E-state index contributed by atoms with van der Waals surface area (Å²) in [6.07, 6.45) is 2.88. The minimum Gasteiger partial charge on any atom is -0.376 e. The summed E-state index contributed by atoms with van der Waals surface area (Å²) in [7, 11) is 1.74. The van der Waals surface area contributed by atoms with E-state index in [-0.39, 0.29) is 11.8 Å². The molecule has 118 valence electrons. The predicted molar refractivity (Wildman–Crippen MR) is 89.8 cm³/mol. The SMILES string of the molecule is Cn1c(=O)n(C[C@H]2CCO2)c2cc(-c3cccc(Cl)c3)cnc21. The summed E-state index contributed by atoms with van der Waals surface area (Å²) in [5.74, 6) is 0. The fraction of sp³-hybridized carbons (Fsp3) is 0.294. The van der Waals surface area contributed by atoms with Gasteiger partial charge in [-0.05, 0) is 30.2 Å². The lowest BCUT2D eigenvalue weighted by atomic mass is 10.1. The lowest BCUT2D eigenvalue weighted by molar-refractivity contribution is -0.0591. The highest BCUT2D eigenvalue weighted by molar-refractivity contribution is 6.30. The van der Waals surface area contributed by atoms with Crippen LogP contribution in [0.4, 0.5) is 0 Å². The molecular weight excluding hydrogens is 314 g/mol. The van der Waals surface area contributed by atoms with Gasteiger partial charge in [-0.25, -0.2) is 9.78 Å². The maximum absolute atomic E-state index is 12.5. The van der Waals surface area contributed by atoms with Gasteiger partial charge in [0.1, 0.15) is 0 Å². The molecule has 3 aromatic rings. The average molecular weight is 330 g/mol. The topological polar surface area (TPSA) is 49.0 Å². The van der Waals surface area contributed by atoms with Crippen molar-refractivity contribution in [1.82, 2.24) is 14.1 Å². The van der Waals surface area contributed by atoms with E-state index in [1.165, 1.54) is 0 Å². The van der Waals surface area contributed by atoms with Crippen LogP contribution in [0.5, 0.6) is 0 Å². The number of ether oxygens (including phenoxy) is 1. The molecule has 1 aliphatic rings. The van der Waals surface area contributed by atoms with Crippen LogP contribution in [0.25, 0.3) is 22.3 Å². The average Bonchev–Trinajstić information content (AvgIpc) is 2.74. The van der Waals surface area contributed by atoms with Crippen LogP contribution in [0.1, 0.15) is 6.42 Å². The van der Waals surface area contributed by atoms with Crippen molar-refractivity contribution < 1.29 is 4.74 Å². The second-order valence-corrected chi connectivity index (χ2v) is 6.25. The molecule has 0 saturated carbocycles. The fourth-order valence-electron chi connectivity index (χ4n) is 2.91. The first kappa shape index (κ1) is 14.5. The number of rotatable bonds is 3. The van der Waals surface area contributed by atoms with Crippen LogP contribution >= 0.6 is 11.6 Å². The number of aryl methyl sites for hydroxylation is 1. The second-order valence-electron chi connectivity index (χ2n) is 5.81. The van der Waals surface area contributed by atoms with Gasteiger partial charge in [-0.1, -0.05) is 23.7 Å². The molecule has 1 aromatic carbocycles. The van der Waals surface area contributed by atoms with E-state index < -0.39 is 0 Å². The quantitative estimate of drug-likeness (QED) is 0.742. The van der Waals surface area contributed by atoms with Gasteiger partial charge in [0.15, 0.2) is 5.65 Å². The van der Waals surface area contributed by atoms with E-state index in [1.807, 2.05) is 30.3 Å². The van der Waals surface area contributed by atoms with Gasteiger partial charge in [-0.2, -0.15) is 0 Å². The summed E-state index contributed by atoms with van der Waals surface area (Å²) in [6.45, 7) is 1.34. The van der Waals surface area contributed by atoms with Crippen molar-refractivity contribution in [2.45, 2.75) is 19.1 Å². The highest BCUT2D eigenvalue weighted by Crippen LogP contribution is 2.25. The highest BCUT2D eigenvalue weighted by Gasteiger charge is 2.22. The Labute approximate surface area is 138 Å². The molecule has 3 heterocycles. The van der Waals surface area contributed by atoms with E-state index in [1.54, 1.807) is 22.4 Å². The fourth-order valence-corrected chi connectivity index (χ4v) is 3.10. The third-order valence-corrected chi connectivity index (χ3v) is 4.55. The molecule has 0 amide bonds. The van der Waals surface area contributed by atoms with Gasteiger partial charge in [0.25, 0.3) is 0 Å². The first-order chi connectivity index (χ1) is 11.1. The lowest BCUT2D eigenvalue weighted by Gasteiger charge is -2.26. The number of pyridine rings is 1. The minimum atomic E-state index is -0.0637. The molecule has 0 aliphatic carbocycles. The van der Waals surface area contributed by atoms with Gasteiger partial charge in [-0.15, -0.1) is 0 Å². The zero-order valence-electron chi connectivity index (χ0n) is 12.7. The summed E-state index contributed by atoms with van der Waals surface area (Å²) in [6, 6.07) is 9.61. The van der Waals surface area contributed by atoms with E-state index in [0.29, 0.717) is 17.2 Å². The Hall–Kier alpha value is -2.11.